The van der Waals surface area contributed by atoms with Gasteiger partial charge in [-0.05, 0) is 19.6 Å². The maximum absolute atomic E-state index is 4.43. The van der Waals surface area contributed by atoms with E-state index in [1.165, 1.54) is 27.2 Å². The van der Waals surface area contributed by atoms with Gasteiger partial charge in [0.15, 0.2) is 0 Å². The van der Waals surface area contributed by atoms with E-state index in [0.717, 1.165) is 0 Å². The second kappa shape index (κ2) is 11.1. The van der Waals surface area contributed by atoms with Crippen LogP contribution >= 0.6 is 7.69 Å². The van der Waals surface area contributed by atoms with Crippen LogP contribution in [-0.2, 0) is 26.2 Å². The third kappa shape index (κ3) is 5.71. The molecule has 0 fully saturated rings. The molecule has 4 rings (SSSR count). The van der Waals surface area contributed by atoms with Crippen LogP contribution in [0.15, 0.2) is 72.7 Å². The molecule has 1 unspecified atom stereocenters. The Morgan fingerprint density at radius 2 is 1.79 bits per heavy atom. The van der Waals surface area contributed by atoms with Gasteiger partial charge in [-0.25, -0.2) is 16.9 Å². The van der Waals surface area contributed by atoms with E-state index in [-0.39, 0.29) is 51.0 Å². The molecule has 0 spiro atoms. The van der Waals surface area contributed by atoms with E-state index in [2.05, 4.69) is 79.0 Å². The van der Waals surface area contributed by atoms with Gasteiger partial charge in [0.2, 0.25) is 0 Å². The van der Waals surface area contributed by atoms with Crippen molar-refractivity contribution in [1.29, 1.82) is 0 Å². The first kappa shape index (κ1) is 23.4. The maximum atomic E-state index is 4.43. The van der Waals surface area contributed by atoms with E-state index in [9.17, 15) is 0 Å². The Kier molecular flexibility index (Phi) is 10.8. The fraction of sp³-hybridized carbons (Fsp3) is 0.105. The van der Waals surface area contributed by atoms with Gasteiger partial charge in [-0.15, -0.1) is 35.0 Å². The summed E-state index contributed by atoms with van der Waals surface area (Å²) < 4.78 is 4.43. The van der Waals surface area contributed by atoms with E-state index in [0.29, 0.717) is 0 Å². The molecule has 0 aliphatic carbocycles. The molecule has 122 valence electrons. The predicted octanol–water partition coefficient (Wildman–Crippen LogP) is -0.0427. The Morgan fingerprint density at radius 3 is 2.29 bits per heavy atom. The summed E-state index contributed by atoms with van der Waals surface area (Å²) in [5.74, 6) is 2.18. The summed E-state index contributed by atoms with van der Waals surface area (Å²) in [5, 5.41) is 3.99. The Bertz CT molecular complexity index is 784. The summed E-state index contributed by atoms with van der Waals surface area (Å²) in [6.07, 6.45) is 1.89. The molecule has 0 aliphatic rings. The summed E-state index contributed by atoms with van der Waals surface area (Å²) in [7, 11) is -0.398. The molecule has 1 atom stereocenters. The van der Waals surface area contributed by atoms with Gasteiger partial charge in [-0.3, -0.25) is 0 Å². The van der Waals surface area contributed by atoms with Crippen molar-refractivity contribution in [2.24, 2.45) is 0 Å². The fourth-order valence-corrected chi connectivity index (χ4v) is 3.67. The van der Waals surface area contributed by atoms with Crippen molar-refractivity contribution >= 4 is 18.5 Å². The van der Waals surface area contributed by atoms with Crippen LogP contribution < -0.4 is 24.8 Å². The quantitative estimate of drug-likeness (QED) is 0.369. The van der Waals surface area contributed by atoms with Crippen molar-refractivity contribution in [3.8, 4) is 5.30 Å². The van der Waals surface area contributed by atoms with Crippen LogP contribution in [0.3, 0.4) is 0 Å². The summed E-state index contributed by atoms with van der Waals surface area (Å²) in [4.78, 5) is 0. The van der Waals surface area contributed by atoms with Crippen LogP contribution in [-0.4, -0.2) is 4.75 Å². The average Bonchev–Trinajstić information content (AvgIpc) is 3.21. The average molecular weight is 453 g/mol. The number of halogens is 2. The summed E-state index contributed by atoms with van der Waals surface area (Å²) >= 11 is 0. The molecule has 0 N–H and O–H groups in total. The van der Waals surface area contributed by atoms with Gasteiger partial charge in [0.1, 0.15) is 0 Å². The number of fused-ring (bicyclic) bond motifs is 1. The molecule has 0 saturated carbocycles. The minimum Gasteiger partial charge on any atom is -1.00 e. The minimum atomic E-state index is -0.398. The summed E-state index contributed by atoms with van der Waals surface area (Å²) in [6, 6.07) is 21.3. The van der Waals surface area contributed by atoms with Gasteiger partial charge < -0.3 is 24.8 Å². The molecule has 1 heterocycles. The van der Waals surface area contributed by atoms with E-state index in [1.807, 2.05) is 12.3 Å². The molecule has 1 nitrogen and oxygen atoms in total. The number of rotatable bonds is 1. The SMILES string of the molecule is Cc1ccc[c-]1C.[Cl-].[Cl-].[Zr+4].c1ccc2[cH-]c(-p3cccn3)cc2c1. The van der Waals surface area contributed by atoms with E-state index in [1.54, 1.807) is 0 Å². The molecule has 0 radical (unpaired) electrons. The largest absolute Gasteiger partial charge is 4.00 e. The van der Waals surface area contributed by atoms with Crippen LogP contribution in [0.1, 0.15) is 11.1 Å². The molecule has 24 heavy (non-hydrogen) atoms. The molecule has 0 amide bonds. The van der Waals surface area contributed by atoms with E-state index in [4.69, 9.17) is 0 Å². The number of benzene rings is 1. The number of hydrogen-bond acceptors (Lipinski definition) is 1. The molecule has 3 aromatic carbocycles. The van der Waals surface area contributed by atoms with Gasteiger partial charge >= 0.3 is 26.2 Å². The van der Waals surface area contributed by atoms with Gasteiger partial charge in [0.05, 0.1) is 0 Å². The first-order valence-electron chi connectivity index (χ1n) is 7.08. The first-order chi connectivity index (χ1) is 10.2. The molecule has 5 heteroatoms. The molecule has 0 bridgehead atoms. The molecule has 1 aromatic heterocycles. The minimum absolute atomic E-state index is 0. The second-order valence-corrected chi connectivity index (χ2v) is 6.92. The summed E-state index contributed by atoms with van der Waals surface area (Å²) in [5.41, 5.74) is 2.78. The number of hydrogen-bond donors (Lipinski definition) is 0. The number of aromatic nitrogens is 1. The van der Waals surface area contributed by atoms with Crippen molar-refractivity contribution in [3.05, 3.63) is 83.8 Å². The van der Waals surface area contributed by atoms with Gasteiger partial charge in [0.25, 0.3) is 0 Å². The van der Waals surface area contributed by atoms with Crippen LogP contribution in [0.25, 0.3) is 16.1 Å². The smallest absolute Gasteiger partial charge is 1.00 e. The zero-order valence-corrected chi connectivity index (χ0v) is 18.4. The Balaban J connectivity index is 0.000000463. The molecule has 0 saturated heterocycles. The van der Waals surface area contributed by atoms with Crippen molar-refractivity contribution in [1.82, 2.24) is 4.75 Å². The van der Waals surface area contributed by atoms with E-state index < -0.39 is 7.69 Å². The summed E-state index contributed by atoms with van der Waals surface area (Å²) in [6.45, 7) is 4.24. The monoisotopic (exact) mass is 451 g/mol. The Hall–Kier alpha value is -0.647. The van der Waals surface area contributed by atoms with Crippen molar-refractivity contribution in [2.45, 2.75) is 13.8 Å². The third-order valence-electron chi connectivity index (χ3n) is 3.69. The van der Waals surface area contributed by atoms with Gasteiger partial charge in [0, 0.05) is 6.20 Å². The van der Waals surface area contributed by atoms with Gasteiger partial charge in [-0.1, -0.05) is 25.2 Å². The van der Waals surface area contributed by atoms with Crippen LogP contribution in [0, 0.1) is 13.8 Å². The van der Waals surface area contributed by atoms with Crippen molar-refractivity contribution in [2.75, 3.05) is 0 Å². The zero-order chi connectivity index (χ0) is 14.7. The van der Waals surface area contributed by atoms with Crippen LogP contribution in [0.2, 0.25) is 0 Å². The van der Waals surface area contributed by atoms with Crippen molar-refractivity contribution < 1.29 is 51.0 Å². The number of nitrogens with zero attached hydrogens (tertiary/aromatic N) is 1. The topological polar surface area (TPSA) is 12.9 Å². The fourth-order valence-electron chi connectivity index (χ4n) is 2.29. The Labute approximate surface area is 176 Å². The Morgan fingerprint density at radius 1 is 1.04 bits per heavy atom. The third-order valence-corrected chi connectivity index (χ3v) is 5.31. The second-order valence-electron chi connectivity index (χ2n) is 5.18. The zero-order valence-electron chi connectivity index (χ0n) is 13.6. The van der Waals surface area contributed by atoms with Gasteiger partial charge in [-0.2, -0.15) is 23.3 Å². The predicted molar refractivity (Wildman–Crippen MR) is 92.9 cm³/mol. The van der Waals surface area contributed by atoms with Crippen molar-refractivity contribution in [3.63, 3.8) is 0 Å². The number of aryl methyl sites for hydroxylation is 2. The first-order valence-corrected chi connectivity index (χ1v) is 8.45. The molecule has 4 aromatic rings. The molecular formula is C19H18Cl2NPZr. The maximum Gasteiger partial charge on any atom is 4.00 e. The van der Waals surface area contributed by atoms with E-state index >= 15 is 0 Å². The van der Waals surface area contributed by atoms with Crippen LogP contribution in [0.4, 0.5) is 0 Å². The molecule has 0 aliphatic heterocycles. The molecular weight excluding hydrogens is 435 g/mol. The van der Waals surface area contributed by atoms with Crippen LogP contribution in [0.5, 0.6) is 0 Å². The normalized spacial score (nSPS) is 9.83. The standard InChI is InChI=1S/C12H9NP.C7H9.2ClH.Zr/c1-2-5-11-9-12(8-10(11)4-1)14-7-3-6-13-14;1-6-4-3-5-7(6)2;;;/h1-9H;3-5H,1-2H3;2*1H;/q2*-1;;;+4/p-2.